The van der Waals surface area contributed by atoms with E-state index >= 15 is 0 Å². The minimum Gasteiger partial charge on any atom is -0.268 e. The molecule has 1 N–H and O–H groups in total. The highest BCUT2D eigenvalue weighted by Crippen LogP contribution is 2.16. The first-order valence-electron chi connectivity index (χ1n) is 3.10. The Morgan fingerprint density at radius 3 is 3.18 bits per heavy atom. The van der Waals surface area contributed by atoms with Crippen molar-refractivity contribution in [2.24, 2.45) is 0 Å². The van der Waals surface area contributed by atoms with Crippen molar-refractivity contribution in [1.82, 2.24) is 20.2 Å². The number of aromatic amines is 1. The summed E-state index contributed by atoms with van der Waals surface area (Å²) in [5.74, 6) is 0.750. The number of H-pyrrole nitrogens is 1. The second-order valence-corrected chi connectivity index (χ2v) is 2.98. The van der Waals surface area contributed by atoms with E-state index in [2.05, 4.69) is 36.1 Å². The molecule has 0 aliphatic carbocycles. The van der Waals surface area contributed by atoms with E-state index in [9.17, 15) is 0 Å². The van der Waals surface area contributed by atoms with Crippen LogP contribution in [-0.4, -0.2) is 20.2 Å². The van der Waals surface area contributed by atoms with E-state index in [0.717, 1.165) is 21.5 Å². The van der Waals surface area contributed by atoms with E-state index in [1.165, 1.54) is 0 Å². The lowest BCUT2D eigenvalue weighted by molar-refractivity contribution is 1.08. The topological polar surface area (TPSA) is 54.5 Å². The molecule has 11 heavy (non-hydrogen) atoms. The van der Waals surface area contributed by atoms with E-state index in [0.29, 0.717) is 0 Å². The Bertz CT molecular complexity index is 394. The molecule has 0 atom stereocenters. The highest BCUT2D eigenvalue weighted by Gasteiger charge is 2.03. The van der Waals surface area contributed by atoms with Gasteiger partial charge in [0.15, 0.2) is 0 Å². The second kappa shape index (κ2) is 2.27. The summed E-state index contributed by atoms with van der Waals surface area (Å²) in [6.07, 6.45) is 1.69. The number of nitrogens with one attached hydrogen (secondary N) is 1. The van der Waals surface area contributed by atoms with E-state index < -0.39 is 0 Å². The minimum atomic E-state index is 0.750. The molecule has 0 saturated heterocycles. The predicted molar refractivity (Wildman–Crippen MR) is 44.1 cm³/mol. The number of rotatable bonds is 0. The standard InChI is InChI=1S/C6H5BrN4/c1-3-8-2-4-5(9-3)6(7)11-10-4/h2H,1H3,(H,10,11). The fourth-order valence-electron chi connectivity index (χ4n) is 0.869. The Morgan fingerprint density at radius 1 is 1.55 bits per heavy atom. The molecular weight excluding hydrogens is 208 g/mol. The number of hydrogen-bond donors (Lipinski definition) is 1. The third-order valence-electron chi connectivity index (χ3n) is 1.37. The molecule has 0 aromatic carbocycles. The van der Waals surface area contributed by atoms with Gasteiger partial charge in [-0.3, -0.25) is 5.10 Å². The van der Waals surface area contributed by atoms with E-state index in [1.54, 1.807) is 6.20 Å². The lowest BCUT2D eigenvalue weighted by atomic mass is 10.5. The SMILES string of the molecule is Cc1ncc2n[nH]c(Br)c2n1. The van der Waals surface area contributed by atoms with Crippen LogP contribution in [-0.2, 0) is 0 Å². The molecule has 4 nitrogen and oxygen atoms in total. The number of halogens is 1. The molecule has 2 aromatic heterocycles. The molecule has 2 heterocycles. The third-order valence-corrected chi connectivity index (χ3v) is 1.93. The normalized spacial score (nSPS) is 10.7. The lowest BCUT2D eigenvalue weighted by Gasteiger charge is -1.88. The third kappa shape index (κ3) is 1.01. The summed E-state index contributed by atoms with van der Waals surface area (Å²) >= 11 is 3.29. The molecule has 0 spiro atoms. The van der Waals surface area contributed by atoms with Crippen LogP contribution in [0.25, 0.3) is 11.0 Å². The molecule has 56 valence electrons. The fraction of sp³-hybridized carbons (Fsp3) is 0.167. The quantitative estimate of drug-likeness (QED) is 0.719. The average molecular weight is 213 g/mol. The molecule has 5 heteroatoms. The summed E-state index contributed by atoms with van der Waals surface area (Å²) < 4.78 is 0.804. The summed E-state index contributed by atoms with van der Waals surface area (Å²) in [6.45, 7) is 1.85. The maximum atomic E-state index is 4.18. The molecule has 0 amide bonds. The first-order chi connectivity index (χ1) is 5.27. The van der Waals surface area contributed by atoms with Gasteiger partial charge in [-0.05, 0) is 22.9 Å². The van der Waals surface area contributed by atoms with Crippen LogP contribution >= 0.6 is 15.9 Å². The molecule has 0 aliphatic heterocycles. The van der Waals surface area contributed by atoms with Gasteiger partial charge in [0.2, 0.25) is 0 Å². The summed E-state index contributed by atoms with van der Waals surface area (Å²) in [6, 6.07) is 0. The van der Waals surface area contributed by atoms with Gasteiger partial charge < -0.3 is 0 Å². The van der Waals surface area contributed by atoms with Gasteiger partial charge in [0.25, 0.3) is 0 Å². The van der Waals surface area contributed by atoms with Gasteiger partial charge in [-0.1, -0.05) is 0 Å². The smallest absolute Gasteiger partial charge is 0.130 e. The molecular formula is C6H5BrN4. The molecule has 2 aromatic rings. The predicted octanol–water partition coefficient (Wildman–Crippen LogP) is 1.42. The van der Waals surface area contributed by atoms with Crippen LogP contribution in [0, 0.1) is 6.92 Å². The van der Waals surface area contributed by atoms with Crippen LogP contribution in [0.2, 0.25) is 0 Å². The maximum Gasteiger partial charge on any atom is 0.130 e. The summed E-state index contributed by atoms with van der Waals surface area (Å²) in [5.41, 5.74) is 1.61. The largest absolute Gasteiger partial charge is 0.268 e. The minimum absolute atomic E-state index is 0.750. The maximum absolute atomic E-state index is 4.18. The Labute approximate surface area is 71.2 Å². The van der Waals surface area contributed by atoms with Crippen molar-refractivity contribution in [2.75, 3.05) is 0 Å². The highest BCUT2D eigenvalue weighted by atomic mass is 79.9. The lowest BCUT2D eigenvalue weighted by Crippen LogP contribution is -1.85. The highest BCUT2D eigenvalue weighted by molar-refractivity contribution is 9.10. The van der Waals surface area contributed by atoms with E-state index in [4.69, 9.17) is 0 Å². The summed E-state index contributed by atoms with van der Waals surface area (Å²) in [5, 5.41) is 6.73. The number of aromatic nitrogens is 4. The molecule has 2 rings (SSSR count). The van der Waals surface area contributed by atoms with Gasteiger partial charge in [-0.15, -0.1) is 0 Å². The molecule has 0 radical (unpaired) electrons. The summed E-state index contributed by atoms with van der Waals surface area (Å²) in [4.78, 5) is 8.19. The molecule has 0 fully saturated rings. The van der Waals surface area contributed by atoms with E-state index in [-0.39, 0.29) is 0 Å². The van der Waals surface area contributed by atoms with Gasteiger partial charge in [-0.25, -0.2) is 9.97 Å². The second-order valence-electron chi connectivity index (χ2n) is 2.19. The first kappa shape index (κ1) is 6.72. The van der Waals surface area contributed by atoms with Crippen molar-refractivity contribution < 1.29 is 0 Å². The number of nitrogens with zero attached hydrogens (tertiary/aromatic N) is 3. The zero-order valence-electron chi connectivity index (χ0n) is 5.80. The van der Waals surface area contributed by atoms with Crippen LogP contribution in [0.15, 0.2) is 10.8 Å². The zero-order valence-corrected chi connectivity index (χ0v) is 7.38. The molecule has 0 aliphatic rings. The van der Waals surface area contributed by atoms with Crippen LogP contribution in [0.4, 0.5) is 0 Å². The van der Waals surface area contributed by atoms with Gasteiger partial charge in [-0.2, -0.15) is 5.10 Å². The Hall–Kier alpha value is -0.970. The molecule has 0 bridgehead atoms. The number of aryl methyl sites for hydroxylation is 1. The van der Waals surface area contributed by atoms with Crippen molar-refractivity contribution in [1.29, 1.82) is 0 Å². The Balaban J connectivity index is 2.87. The Morgan fingerprint density at radius 2 is 2.36 bits per heavy atom. The van der Waals surface area contributed by atoms with Crippen molar-refractivity contribution in [3.63, 3.8) is 0 Å². The van der Waals surface area contributed by atoms with Gasteiger partial charge in [0.1, 0.15) is 21.5 Å². The summed E-state index contributed by atoms with van der Waals surface area (Å²) in [7, 11) is 0. The monoisotopic (exact) mass is 212 g/mol. The van der Waals surface area contributed by atoms with Gasteiger partial charge in [0.05, 0.1) is 6.20 Å². The zero-order chi connectivity index (χ0) is 7.84. The number of hydrogen-bond acceptors (Lipinski definition) is 3. The van der Waals surface area contributed by atoms with Crippen molar-refractivity contribution in [3.05, 3.63) is 16.6 Å². The van der Waals surface area contributed by atoms with Crippen LogP contribution in [0.3, 0.4) is 0 Å². The van der Waals surface area contributed by atoms with Crippen LogP contribution < -0.4 is 0 Å². The van der Waals surface area contributed by atoms with Crippen molar-refractivity contribution in [3.8, 4) is 0 Å². The van der Waals surface area contributed by atoms with Gasteiger partial charge >= 0.3 is 0 Å². The molecule has 0 saturated carbocycles. The van der Waals surface area contributed by atoms with Crippen LogP contribution in [0.1, 0.15) is 5.82 Å². The molecule has 0 unspecified atom stereocenters. The van der Waals surface area contributed by atoms with Crippen molar-refractivity contribution in [2.45, 2.75) is 6.92 Å². The first-order valence-corrected chi connectivity index (χ1v) is 3.90. The fourth-order valence-corrected chi connectivity index (χ4v) is 1.25. The number of fused-ring (bicyclic) bond motifs is 1. The average Bonchev–Trinajstić information content (AvgIpc) is 2.33. The van der Waals surface area contributed by atoms with Crippen LogP contribution in [0.5, 0.6) is 0 Å². The Kier molecular flexibility index (Phi) is 1.38. The van der Waals surface area contributed by atoms with Crippen molar-refractivity contribution >= 4 is 27.0 Å². The van der Waals surface area contributed by atoms with Gasteiger partial charge in [0, 0.05) is 0 Å². The van der Waals surface area contributed by atoms with E-state index in [1.807, 2.05) is 6.92 Å².